The van der Waals surface area contributed by atoms with Gasteiger partial charge in [-0.15, -0.1) is 0 Å². The summed E-state index contributed by atoms with van der Waals surface area (Å²) in [6.45, 7) is 5.58. The second kappa shape index (κ2) is 4.41. The zero-order valence-corrected chi connectivity index (χ0v) is 10.2. The Hall–Kier alpha value is -2.10. The van der Waals surface area contributed by atoms with Crippen LogP contribution in [0.2, 0.25) is 0 Å². The molecule has 88 valence electrons. The van der Waals surface area contributed by atoms with Crippen LogP contribution in [0.1, 0.15) is 16.8 Å². The highest BCUT2D eigenvalue weighted by molar-refractivity contribution is 5.60. The molecule has 0 saturated carbocycles. The maximum Gasteiger partial charge on any atom is 0.140 e. The van der Waals surface area contributed by atoms with Crippen molar-refractivity contribution in [3.63, 3.8) is 0 Å². The third-order valence-electron chi connectivity index (χ3n) is 2.81. The van der Waals surface area contributed by atoms with Crippen LogP contribution in [0.15, 0.2) is 24.4 Å². The number of pyridine rings is 2. The number of aromatic hydroxyl groups is 1. The predicted molar refractivity (Wildman–Crippen MR) is 67.6 cm³/mol. The molecule has 0 aliphatic carbocycles. The van der Waals surface area contributed by atoms with Crippen molar-refractivity contribution in [2.45, 2.75) is 20.8 Å². The van der Waals surface area contributed by atoms with E-state index < -0.39 is 0 Å². The van der Waals surface area contributed by atoms with Crippen LogP contribution in [0.4, 0.5) is 11.6 Å². The first-order chi connectivity index (χ1) is 8.09. The zero-order valence-electron chi connectivity index (χ0n) is 10.2. The van der Waals surface area contributed by atoms with Crippen molar-refractivity contribution < 1.29 is 5.11 Å². The maximum atomic E-state index is 9.77. The Kier molecular flexibility index (Phi) is 2.95. The van der Waals surface area contributed by atoms with Crippen molar-refractivity contribution in [2.75, 3.05) is 5.32 Å². The lowest BCUT2D eigenvalue weighted by atomic mass is 10.1. The van der Waals surface area contributed by atoms with Gasteiger partial charge in [-0.25, -0.2) is 9.97 Å². The Bertz CT molecular complexity index is 538. The summed E-state index contributed by atoms with van der Waals surface area (Å²) in [7, 11) is 0. The fourth-order valence-corrected chi connectivity index (χ4v) is 1.61. The van der Waals surface area contributed by atoms with E-state index in [1.54, 1.807) is 13.1 Å². The highest BCUT2D eigenvalue weighted by Gasteiger charge is 2.10. The molecule has 0 amide bonds. The van der Waals surface area contributed by atoms with Crippen LogP contribution in [-0.2, 0) is 0 Å². The fraction of sp³-hybridized carbons (Fsp3) is 0.231. The molecule has 2 aromatic heterocycles. The van der Waals surface area contributed by atoms with Gasteiger partial charge < -0.3 is 10.4 Å². The molecule has 0 bridgehead atoms. The summed E-state index contributed by atoms with van der Waals surface area (Å²) in [6.07, 6.45) is 1.72. The van der Waals surface area contributed by atoms with Crippen LogP contribution in [0.3, 0.4) is 0 Å². The van der Waals surface area contributed by atoms with Crippen molar-refractivity contribution in [3.05, 3.63) is 41.2 Å². The molecule has 4 nitrogen and oxygen atoms in total. The van der Waals surface area contributed by atoms with E-state index in [1.807, 2.05) is 32.0 Å². The third-order valence-corrected chi connectivity index (χ3v) is 2.81. The Morgan fingerprint density at radius 1 is 1.12 bits per heavy atom. The smallest absolute Gasteiger partial charge is 0.140 e. The number of rotatable bonds is 2. The average Bonchev–Trinajstić information content (AvgIpc) is 2.35. The lowest BCUT2D eigenvalue weighted by molar-refractivity contribution is 0.463. The van der Waals surface area contributed by atoms with Gasteiger partial charge in [0.15, 0.2) is 0 Å². The highest BCUT2D eigenvalue weighted by atomic mass is 16.3. The van der Waals surface area contributed by atoms with Gasteiger partial charge in [0.25, 0.3) is 0 Å². The van der Waals surface area contributed by atoms with E-state index in [4.69, 9.17) is 0 Å². The Labute approximate surface area is 100 Å². The lowest BCUT2D eigenvalue weighted by Gasteiger charge is -2.12. The largest absolute Gasteiger partial charge is 0.506 e. The molecule has 4 heteroatoms. The van der Waals surface area contributed by atoms with E-state index in [0.717, 1.165) is 22.8 Å². The molecular weight excluding hydrogens is 214 g/mol. The topological polar surface area (TPSA) is 58.0 Å². The van der Waals surface area contributed by atoms with E-state index in [0.29, 0.717) is 5.69 Å². The van der Waals surface area contributed by atoms with Gasteiger partial charge in [-0.3, -0.25) is 0 Å². The summed E-state index contributed by atoms with van der Waals surface area (Å²) < 4.78 is 0. The number of nitrogens with one attached hydrogen (secondary N) is 1. The molecule has 0 fully saturated rings. The van der Waals surface area contributed by atoms with Crippen molar-refractivity contribution in [1.82, 2.24) is 9.97 Å². The van der Waals surface area contributed by atoms with Gasteiger partial charge in [0.1, 0.15) is 17.4 Å². The van der Waals surface area contributed by atoms with Crippen molar-refractivity contribution in [1.29, 1.82) is 0 Å². The molecule has 2 heterocycles. The second-order valence-corrected chi connectivity index (χ2v) is 3.98. The first-order valence-electron chi connectivity index (χ1n) is 5.44. The Morgan fingerprint density at radius 3 is 2.53 bits per heavy atom. The SMILES string of the molecule is Cc1nc(Nc2ccccn2)c(C)c(C)c1O. The number of aromatic nitrogens is 2. The van der Waals surface area contributed by atoms with Gasteiger partial charge >= 0.3 is 0 Å². The summed E-state index contributed by atoms with van der Waals surface area (Å²) in [4.78, 5) is 8.51. The summed E-state index contributed by atoms with van der Waals surface area (Å²) >= 11 is 0. The van der Waals surface area contributed by atoms with E-state index in [2.05, 4.69) is 15.3 Å². The normalized spacial score (nSPS) is 10.3. The first kappa shape index (κ1) is 11.4. The standard InChI is InChI=1S/C13H15N3O/c1-8-9(2)13(15-10(3)12(8)17)16-11-6-4-5-7-14-11/h4-7,17H,1-3H3,(H,14,15,16). The van der Waals surface area contributed by atoms with Crippen LogP contribution in [0.5, 0.6) is 5.75 Å². The van der Waals surface area contributed by atoms with Crippen LogP contribution in [0, 0.1) is 20.8 Å². The van der Waals surface area contributed by atoms with Crippen molar-refractivity contribution >= 4 is 11.6 Å². The molecule has 0 aromatic carbocycles. The van der Waals surface area contributed by atoms with Crippen LogP contribution >= 0.6 is 0 Å². The lowest BCUT2D eigenvalue weighted by Crippen LogP contribution is -2.01. The number of hydrogen-bond acceptors (Lipinski definition) is 4. The van der Waals surface area contributed by atoms with Gasteiger partial charge in [-0.05, 0) is 44.0 Å². The highest BCUT2D eigenvalue weighted by Crippen LogP contribution is 2.28. The maximum absolute atomic E-state index is 9.77. The minimum Gasteiger partial charge on any atom is -0.506 e. The van der Waals surface area contributed by atoms with Gasteiger partial charge in [-0.2, -0.15) is 0 Å². The second-order valence-electron chi connectivity index (χ2n) is 3.98. The summed E-state index contributed by atoms with van der Waals surface area (Å²) in [6, 6.07) is 5.64. The number of hydrogen-bond donors (Lipinski definition) is 2. The van der Waals surface area contributed by atoms with E-state index in [1.165, 1.54) is 0 Å². The van der Waals surface area contributed by atoms with Crippen LogP contribution in [-0.4, -0.2) is 15.1 Å². The van der Waals surface area contributed by atoms with E-state index >= 15 is 0 Å². The number of anilines is 2. The summed E-state index contributed by atoms with van der Waals surface area (Å²) in [5.41, 5.74) is 2.39. The Balaban J connectivity index is 2.41. The monoisotopic (exact) mass is 229 g/mol. The number of aryl methyl sites for hydroxylation is 1. The average molecular weight is 229 g/mol. The molecule has 0 saturated heterocycles. The molecule has 0 atom stereocenters. The molecule has 0 aliphatic rings. The Morgan fingerprint density at radius 2 is 1.88 bits per heavy atom. The fourth-order valence-electron chi connectivity index (χ4n) is 1.61. The van der Waals surface area contributed by atoms with E-state index in [-0.39, 0.29) is 5.75 Å². The van der Waals surface area contributed by atoms with Gasteiger partial charge in [0.2, 0.25) is 0 Å². The molecule has 0 radical (unpaired) electrons. The van der Waals surface area contributed by atoms with Gasteiger partial charge in [0, 0.05) is 6.20 Å². The zero-order chi connectivity index (χ0) is 12.4. The molecule has 17 heavy (non-hydrogen) atoms. The van der Waals surface area contributed by atoms with Crippen LogP contribution in [0.25, 0.3) is 0 Å². The molecule has 2 aromatic rings. The molecular formula is C13H15N3O. The quantitative estimate of drug-likeness (QED) is 0.831. The number of nitrogens with zero attached hydrogens (tertiary/aromatic N) is 2. The van der Waals surface area contributed by atoms with Crippen molar-refractivity contribution in [3.8, 4) is 5.75 Å². The first-order valence-corrected chi connectivity index (χ1v) is 5.44. The minimum absolute atomic E-state index is 0.258. The molecule has 0 aliphatic heterocycles. The van der Waals surface area contributed by atoms with Crippen molar-refractivity contribution in [2.24, 2.45) is 0 Å². The van der Waals surface area contributed by atoms with Gasteiger partial charge in [-0.1, -0.05) is 6.07 Å². The third kappa shape index (κ3) is 2.20. The van der Waals surface area contributed by atoms with E-state index in [9.17, 15) is 5.11 Å². The predicted octanol–water partition coefficient (Wildman–Crippen LogP) is 2.85. The van der Waals surface area contributed by atoms with Crippen LogP contribution < -0.4 is 5.32 Å². The summed E-state index contributed by atoms with van der Waals surface area (Å²) in [5, 5.41) is 12.9. The van der Waals surface area contributed by atoms with Gasteiger partial charge in [0.05, 0.1) is 5.69 Å². The molecule has 2 N–H and O–H groups in total. The molecule has 0 spiro atoms. The minimum atomic E-state index is 0.258. The molecule has 2 rings (SSSR count). The molecule has 0 unspecified atom stereocenters. The summed E-state index contributed by atoms with van der Waals surface area (Å²) in [5.74, 6) is 1.73.